The Kier molecular flexibility index (Phi) is 7.32. The molecule has 1 saturated heterocycles. The lowest BCUT2D eigenvalue weighted by Crippen LogP contribution is -2.29. The third-order valence-corrected chi connectivity index (χ3v) is 7.59. The lowest BCUT2D eigenvalue weighted by atomic mass is 10.1. The minimum Gasteiger partial charge on any atom is -0.491 e. The predicted octanol–water partition coefficient (Wildman–Crippen LogP) is 4.04. The molecule has 0 aliphatic carbocycles. The zero-order chi connectivity index (χ0) is 21.8. The number of thiophene rings is 1. The molecule has 3 aromatic rings. The number of aryl methyl sites for hydroxylation is 2. The van der Waals surface area contributed by atoms with Crippen LogP contribution in [0.2, 0.25) is 0 Å². The summed E-state index contributed by atoms with van der Waals surface area (Å²) in [4.78, 5) is 20.2. The standard InChI is InChI=1S/C23H28N2O4S2/c1-3-19-15(2)31-21-20(19)22(27)25(12-18-10-7-11-28-18)23(24-21)30-14-16(26)13-29-17-8-5-4-6-9-17/h4-6,8-9,16,18,26H,3,7,10-14H2,1-2H3. The zero-order valence-corrected chi connectivity index (χ0v) is 19.5. The second-order valence-electron chi connectivity index (χ2n) is 7.70. The van der Waals surface area contributed by atoms with E-state index in [0.29, 0.717) is 17.5 Å². The third-order valence-electron chi connectivity index (χ3n) is 5.43. The summed E-state index contributed by atoms with van der Waals surface area (Å²) >= 11 is 2.97. The van der Waals surface area contributed by atoms with Crippen molar-refractivity contribution in [1.29, 1.82) is 0 Å². The fourth-order valence-electron chi connectivity index (χ4n) is 3.85. The molecule has 0 radical (unpaired) electrons. The molecule has 166 valence electrons. The highest BCUT2D eigenvalue weighted by molar-refractivity contribution is 7.99. The fourth-order valence-corrected chi connectivity index (χ4v) is 5.92. The highest BCUT2D eigenvalue weighted by atomic mass is 32.2. The Labute approximate surface area is 190 Å². The van der Waals surface area contributed by atoms with Gasteiger partial charge >= 0.3 is 0 Å². The van der Waals surface area contributed by atoms with Crippen LogP contribution in [0.1, 0.15) is 30.2 Å². The summed E-state index contributed by atoms with van der Waals surface area (Å²) < 4.78 is 13.2. The molecule has 3 heterocycles. The van der Waals surface area contributed by atoms with E-state index in [4.69, 9.17) is 14.5 Å². The van der Waals surface area contributed by atoms with Gasteiger partial charge in [0.2, 0.25) is 0 Å². The number of hydrogen-bond donors (Lipinski definition) is 1. The molecule has 0 amide bonds. The van der Waals surface area contributed by atoms with Gasteiger partial charge in [-0.3, -0.25) is 9.36 Å². The molecule has 1 fully saturated rings. The van der Waals surface area contributed by atoms with Crippen molar-refractivity contribution < 1.29 is 14.6 Å². The van der Waals surface area contributed by atoms with Gasteiger partial charge in [0, 0.05) is 17.2 Å². The summed E-state index contributed by atoms with van der Waals surface area (Å²) in [5.41, 5.74) is 1.09. The number of rotatable bonds is 9. The number of fused-ring (bicyclic) bond motifs is 1. The number of aliphatic hydroxyl groups is 1. The average molecular weight is 461 g/mol. The Bertz CT molecular complexity index is 1070. The van der Waals surface area contributed by atoms with Gasteiger partial charge in [0.1, 0.15) is 17.2 Å². The van der Waals surface area contributed by atoms with Gasteiger partial charge in [-0.2, -0.15) is 0 Å². The minimum atomic E-state index is -0.676. The van der Waals surface area contributed by atoms with Crippen LogP contribution in [0, 0.1) is 6.92 Å². The van der Waals surface area contributed by atoms with Crippen LogP contribution in [0.5, 0.6) is 5.75 Å². The number of aliphatic hydroxyl groups excluding tert-OH is 1. The molecule has 0 saturated carbocycles. The molecular formula is C23H28N2O4S2. The number of thioether (sulfide) groups is 1. The first-order valence-corrected chi connectivity index (χ1v) is 12.5. The van der Waals surface area contributed by atoms with E-state index < -0.39 is 6.10 Å². The number of hydrogen-bond acceptors (Lipinski definition) is 7. The van der Waals surface area contributed by atoms with E-state index in [1.54, 1.807) is 15.9 Å². The number of aromatic nitrogens is 2. The molecule has 8 heteroatoms. The van der Waals surface area contributed by atoms with Gasteiger partial charge in [-0.1, -0.05) is 36.9 Å². The molecule has 2 unspecified atom stereocenters. The van der Waals surface area contributed by atoms with Gasteiger partial charge in [-0.05, 0) is 43.9 Å². The molecule has 4 rings (SSSR count). The normalized spacial score (nSPS) is 17.3. The summed E-state index contributed by atoms with van der Waals surface area (Å²) in [5.74, 6) is 1.11. The van der Waals surface area contributed by atoms with Crippen LogP contribution in [-0.2, 0) is 17.7 Å². The Hall–Kier alpha value is -1.87. The summed E-state index contributed by atoms with van der Waals surface area (Å²) in [6.45, 7) is 5.55. The molecule has 6 nitrogen and oxygen atoms in total. The summed E-state index contributed by atoms with van der Waals surface area (Å²) in [7, 11) is 0. The third kappa shape index (κ3) is 5.14. The van der Waals surface area contributed by atoms with Crippen LogP contribution in [-0.4, -0.2) is 45.8 Å². The van der Waals surface area contributed by atoms with Gasteiger partial charge in [-0.25, -0.2) is 4.98 Å². The molecule has 0 spiro atoms. The van der Waals surface area contributed by atoms with Crippen molar-refractivity contribution in [2.24, 2.45) is 0 Å². The number of ether oxygens (including phenoxy) is 2. The molecule has 1 aliphatic heterocycles. The van der Waals surface area contributed by atoms with Crippen LogP contribution < -0.4 is 10.3 Å². The van der Waals surface area contributed by atoms with Crippen molar-refractivity contribution >= 4 is 33.3 Å². The predicted molar refractivity (Wildman–Crippen MR) is 126 cm³/mol. The first kappa shape index (κ1) is 22.3. The van der Waals surface area contributed by atoms with Gasteiger partial charge in [-0.15, -0.1) is 11.3 Å². The van der Waals surface area contributed by atoms with Crippen molar-refractivity contribution in [2.75, 3.05) is 19.0 Å². The van der Waals surface area contributed by atoms with Crippen LogP contribution in [0.4, 0.5) is 0 Å². The van der Waals surface area contributed by atoms with Crippen molar-refractivity contribution in [1.82, 2.24) is 9.55 Å². The SMILES string of the molecule is CCc1c(C)sc2nc(SCC(O)COc3ccccc3)n(CC3CCCO3)c(=O)c12. The van der Waals surface area contributed by atoms with E-state index in [9.17, 15) is 9.90 Å². The lowest BCUT2D eigenvalue weighted by molar-refractivity contribution is 0.0937. The number of nitrogens with zero attached hydrogens (tertiary/aromatic N) is 2. The lowest BCUT2D eigenvalue weighted by Gasteiger charge is -2.17. The second-order valence-corrected chi connectivity index (χ2v) is 9.89. The van der Waals surface area contributed by atoms with Crippen LogP contribution in [0.25, 0.3) is 10.2 Å². The Morgan fingerprint density at radius 3 is 2.90 bits per heavy atom. The quantitative estimate of drug-likeness (QED) is 0.384. The monoisotopic (exact) mass is 460 g/mol. The smallest absolute Gasteiger partial charge is 0.263 e. The average Bonchev–Trinajstić information content (AvgIpc) is 3.40. The summed E-state index contributed by atoms with van der Waals surface area (Å²) in [5, 5.41) is 11.8. The van der Waals surface area contributed by atoms with Gasteiger partial charge in [0.25, 0.3) is 5.56 Å². The number of benzene rings is 1. The van der Waals surface area contributed by atoms with Crippen molar-refractivity contribution in [2.45, 2.75) is 57.0 Å². The van der Waals surface area contributed by atoms with Gasteiger partial charge in [0.05, 0.1) is 24.1 Å². The van der Waals surface area contributed by atoms with E-state index in [1.807, 2.05) is 37.3 Å². The highest BCUT2D eigenvalue weighted by Crippen LogP contribution is 2.30. The number of para-hydroxylation sites is 1. The van der Waals surface area contributed by atoms with E-state index in [-0.39, 0.29) is 18.3 Å². The minimum absolute atomic E-state index is 0.000717. The maximum Gasteiger partial charge on any atom is 0.263 e. The second kappa shape index (κ2) is 10.2. The first-order valence-electron chi connectivity index (χ1n) is 10.7. The molecule has 1 aromatic carbocycles. The van der Waals surface area contributed by atoms with Crippen LogP contribution in [0.3, 0.4) is 0 Å². The van der Waals surface area contributed by atoms with Gasteiger partial charge < -0.3 is 14.6 Å². The van der Waals surface area contributed by atoms with E-state index in [2.05, 4.69) is 6.92 Å². The highest BCUT2D eigenvalue weighted by Gasteiger charge is 2.23. The topological polar surface area (TPSA) is 73.6 Å². The van der Waals surface area contributed by atoms with Crippen LogP contribution >= 0.6 is 23.1 Å². The largest absolute Gasteiger partial charge is 0.491 e. The maximum absolute atomic E-state index is 13.5. The Balaban J connectivity index is 1.55. The summed E-state index contributed by atoms with van der Waals surface area (Å²) in [6.07, 6.45) is 2.14. The van der Waals surface area contributed by atoms with Crippen LogP contribution in [0.15, 0.2) is 40.3 Å². The Morgan fingerprint density at radius 2 is 2.19 bits per heavy atom. The summed E-state index contributed by atoms with van der Waals surface area (Å²) in [6, 6.07) is 9.43. The van der Waals surface area contributed by atoms with E-state index >= 15 is 0 Å². The molecule has 31 heavy (non-hydrogen) atoms. The Morgan fingerprint density at radius 1 is 1.39 bits per heavy atom. The fraction of sp³-hybridized carbons (Fsp3) is 0.478. The molecule has 2 aromatic heterocycles. The van der Waals surface area contributed by atoms with Crippen molar-refractivity contribution in [3.63, 3.8) is 0 Å². The van der Waals surface area contributed by atoms with E-state index in [1.165, 1.54) is 11.8 Å². The van der Waals surface area contributed by atoms with Crippen molar-refractivity contribution in [3.8, 4) is 5.75 Å². The maximum atomic E-state index is 13.5. The van der Waals surface area contributed by atoms with Crippen molar-refractivity contribution in [3.05, 3.63) is 51.1 Å². The molecule has 2 atom stereocenters. The first-order chi connectivity index (χ1) is 15.1. The van der Waals surface area contributed by atoms with Gasteiger partial charge in [0.15, 0.2) is 5.16 Å². The molecule has 0 bridgehead atoms. The molecular weight excluding hydrogens is 432 g/mol. The molecule has 1 N–H and O–H groups in total. The molecule has 1 aliphatic rings. The zero-order valence-electron chi connectivity index (χ0n) is 17.9. The van der Waals surface area contributed by atoms with E-state index in [0.717, 1.165) is 52.3 Å².